The summed E-state index contributed by atoms with van der Waals surface area (Å²) in [5.41, 5.74) is 3.40. The largest absolute Gasteiger partial charge is 0.417 e. The summed E-state index contributed by atoms with van der Waals surface area (Å²) in [5, 5.41) is 6.59. The monoisotopic (exact) mass is 440 g/mol. The highest BCUT2D eigenvalue weighted by Crippen LogP contribution is 2.42. The number of imidazole rings is 1. The minimum atomic E-state index is -4.42. The van der Waals surface area contributed by atoms with Gasteiger partial charge in [0.25, 0.3) is 0 Å². The third-order valence-corrected chi connectivity index (χ3v) is 6.01. The molecule has 1 N–H and O–H groups in total. The van der Waals surface area contributed by atoms with Gasteiger partial charge in [-0.2, -0.15) is 18.3 Å². The van der Waals surface area contributed by atoms with Crippen molar-refractivity contribution in [1.29, 1.82) is 0 Å². The number of alkyl halides is 3. The molecule has 0 unspecified atom stereocenters. The Labute approximate surface area is 183 Å². The van der Waals surface area contributed by atoms with E-state index in [2.05, 4.69) is 27.1 Å². The average molecular weight is 440 g/mol. The van der Waals surface area contributed by atoms with E-state index in [9.17, 15) is 13.2 Å². The number of aromatic amines is 1. The summed E-state index contributed by atoms with van der Waals surface area (Å²) in [6.45, 7) is 2.59. The van der Waals surface area contributed by atoms with Crippen molar-refractivity contribution >= 4 is 12.0 Å². The van der Waals surface area contributed by atoms with Crippen molar-refractivity contribution in [3.05, 3.63) is 77.3 Å². The van der Waals surface area contributed by atoms with Gasteiger partial charge in [0.15, 0.2) is 0 Å². The van der Waals surface area contributed by atoms with Crippen molar-refractivity contribution in [3.8, 4) is 0 Å². The number of hydrogen-bond donors (Lipinski definition) is 1. The van der Waals surface area contributed by atoms with Crippen LogP contribution in [-0.4, -0.2) is 32.7 Å². The van der Waals surface area contributed by atoms with Gasteiger partial charge in [-0.15, -0.1) is 0 Å². The molecule has 2 aromatic heterocycles. The van der Waals surface area contributed by atoms with E-state index >= 15 is 0 Å². The van der Waals surface area contributed by atoms with Crippen LogP contribution in [0.15, 0.2) is 65.5 Å². The molecule has 32 heavy (non-hydrogen) atoms. The van der Waals surface area contributed by atoms with Crippen LogP contribution in [0.5, 0.6) is 0 Å². The summed E-state index contributed by atoms with van der Waals surface area (Å²) in [7, 11) is 0. The van der Waals surface area contributed by atoms with Crippen molar-refractivity contribution < 1.29 is 13.2 Å². The van der Waals surface area contributed by atoms with E-state index in [1.165, 1.54) is 24.5 Å². The minimum absolute atomic E-state index is 0.351. The number of hydrazone groups is 1. The van der Waals surface area contributed by atoms with Gasteiger partial charge in [-0.3, -0.25) is 0 Å². The highest BCUT2D eigenvalue weighted by Gasteiger charge is 2.34. The second-order valence-electron chi connectivity index (χ2n) is 8.08. The standard InChI is InChI=1S/C23H23F3N6/c1-2-19-17(15-5-6-15)4-3-10-32(19)30-13-20-22-18(28-14-29-22)9-11-31(20)21-8-7-16(12-27-21)23(24,25)26/h2-4,7-8,10,12-15,20H,5-6,9,11H2,1H3,(H,28,29)/b19-2-,30-13+/t20-/m0/s1. The van der Waals surface area contributed by atoms with Gasteiger partial charge in [0.1, 0.15) is 11.9 Å². The van der Waals surface area contributed by atoms with Crippen LogP contribution in [0.1, 0.15) is 42.8 Å². The summed E-state index contributed by atoms with van der Waals surface area (Å²) in [5.74, 6) is 1.05. The first-order chi connectivity index (χ1) is 15.5. The van der Waals surface area contributed by atoms with Gasteiger partial charge in [0, 0.05) is 31.1 Å². The molecule has 0 spiro atoms. The molecule has 6 nitrogen and oxygen atoms in total. The van der Waals surface area contributed by atoms with Crippen LogP contribution in [0.3, 0.4) is 0 Å². The molecular weight excluding hydrogens is 417 g/mol. The number of pyridine rings is 1. The van der Waals surface area contributed by atoms with Crippen molar-refractivity contribution in [2.75, 3.05) is 11.4 Å². The molecule has 1 atom stereocenters. The lowest BCUT2D eigenvalue weighted by molar-refractivity contribution is -0.137. The number of nitrogens with one attached hydrogen (secondary N) is 1. The Hall–Kier alpha value is -3.36. The summed E-state index contributed by atoms with van der Waals surface area (Å²) in [6, 6.07) is 2.12. The third-order valence-electron chi connectivity index (χ3n) is 6.01. The van der Waals surface area contributed by atoms with Gasteiger partial charge in [-0.25, -0.2) is 15.0 Å². The molecule has 3 aliphatic rings. The van der Waals surface area contributed by atoms with Crippen molar-refractivity contribution in [3.63, 3.8) is 0 Å². The molecule has 5 rings (SSSR count). The Bertz CT molecular complexity index is 1110. The first kappa shape index (κ1) is 20.5. The maximum absolute atomic E-state index is 13.0. The Kier molecular flexibility index (Phi) is 5.11. The summed E-state index contributed by atoms with van der Waals surface area (Å²) < 4.78 is 38.9. The number of aromatic nitrogens is 3. The van der Waals surface area contributed by atoms with Crippen LogP contribution >= 0.6 is 0 Å². The molecule has 0 bridgehead atoms. The number of rotatable bonds is 4. The van der Waals surface area contributed by atoms with Crippen LogP contribution in [0, 0.1) is 5.92 Å². The van der Waals surface area contributed by atoms with Gasteiger partial charge >= 0.3 is 6.18 Å². The molecule has 0 radical (unpaired) electrons. The Morgan fingerprint density at radius 3 is 2.75 bits per heavy atom. The van der Waals surface area contributed by atoms with Gasteiger partial charge in [-0.1, -0.05) is 12.2 Å². The zero-order valence-corrected chi connectivity index (χ0v) is 17.5. The second kappa shape index (κ2) is 7.96. The van der Waals surface area contributed by atoms with Gasteiger partial charge < -0.3 is 9.88 Å². The molecule has 1 saturated carbocycles. The van der Waals surface area contributed by atoms with E-state index in [1.54, 1.807) is 12.5 Å². The van der Waals surface area contributed by atoms with Crippen LogP contribution < -0.4 is 4.90 Å². The number of fused-ring (bicyclic) bond motifs is 1. The van der Waals surface area contributed by atoms with Crippen molar-refractivity contribution in [1.82, 2.24) is 20.0 Å². The molecule has 0 aromatic carbocycles. The lowest BCUT2D eigenvalue weighted by Crippen LogP contribution is -2.37. The first-order valence-electron chi connectivity index (χ1n) is 10.7. The number of H-pyrrole nitrogens is 1. The maximum Gasteiger partial charge on any atom is 0.417 e. The van der Waals surface area contributed by atoms with E-state index in [1.807, 2.05) is 29.1 Å². The second-order valence-corrected chi connectivity index (χ2v) is 8.08. The lowest BCUT2D eigenvalue weighted by atomic mass is 10.0. The number of allylic oxidation sites excluding steroid dienone is 4. The van der Waals surface area contributed by atoms with E-state index in [0.717, 1.165) is 29.3 Å². The molecule has 0 amide bonds. The first-order valence-corrected chi connectivity index (χ1v) is 10.7. The normalized spacial score (nSPS) is 22.6. The van der Waals surface area contributed by atoms with Crippen LogP contribution in [0.25, 0.3) is 0 Å². The summed E-state index contributed by atoms with van der Waals surface area (Å²) in [4.78, 5) is 13.7. The van der Waals surface area contributed by atoms with E-state index < -0.39 is 11.7 Å². The molecule has 4 heterocycles. The molecule has 2 aromatic rings. The number of anilines is 1. The van der Waals surface area contributed by atoms with Crippen LogP contribution in [0.4, 0.5) is 19.0 Å². The van der Waals surface area contributed by atoms with Crippen LogP contribution in [-0.2, 0) is 12.6 Å². The molecule has 9 heteroatoms. The molecule has 1 aliphatic carbocycles. The Balaban J connectivity index is 1.44. The third kappa shape index (κ3) is 3.83. The maximum atomic E-state index is 13.0. The van der Waals surface area contributed by atoms with Crippen LogP contribution in [0.2, 0.25) is 0 Å². The predicted octanol–water partition coefficient (Wildman–Crippen LogP) is 4.98. The number of nitrogens with zero attached hydrogens (tertiary/aromatic N) is 5. The highest BCUT2D eigenvalue weighted by molar-refractivity contribution is 5.73. The van der Waals surface area contributed by atoms with E-state index in [4.69, 9.17) is 5.10 Å². The summed E-state index contributed by atoms with van der Waals surface area (Å²) in [6.07, 6.45) is 11.1. The smallest absolute Gasteiger partial charge is 0.348 e. The van der Waals surface area contributed by atoms with Gasteiger partial charge in [-0.05, 0) is 49.5 Å². The molecule has 1 fully saturated rings. The Morgan fingerprint density at radius 1 is 1.22 bits per heavy atom. The highest BCUT2D eigenvalue weighted by atomic mass is 19.4. The minimum Gasteiger partial charge on any atom is -0.348 e. The van der Waals surface area contributed by atoms with E-state index in [-0.39, 0.29) is 6.04 Å². The van der Waals surface area contributed by atoms with Gasteiger partial charge in [0.2, 0.25) is 0 Å². The predicted molar refractivity (Wildman–Crippen MR) is 116 cm³/mol. The zero-order chi connectivity index (χ0) is 22.3. The number of halogens is 3. The molecule has 2 aliphatic heterocycles. The Morgan fingerprint density at radius 2 is 2.06 bits per heavy atom. The fourth-order valence-electron chi connectivity index (χ4n) is 4.24. The van der Waals surface area contributed by atoms with Gasteiger partial charge in [0.05, 0.1) is 29.5 Å². The summed E-state index contributed by atoms with van der Waals surface area (Å²) >= 11 is 0. The fraction of sp³-hybridized carbons (Fsp3) is 0.348. The molecule has 0 saturated heterocycles. The lowest BCUT2D eigenvalue weighted by Gasteiger charge is -2.34. The van der Waals surface area contributed by atoms with Crippen molar-refractivity contribution in [2.45, 2.75) is 38.4 Å². The topological polar surface area (TPSA) is 60.4 Å². The number of hydrogen-bond acceptors (Lipinski definition) is 5. The SMILES string of the molecule is C/C=C1/C(C2CC2)=CC=CN1/N=C/[C@H]1c2nc[nH]c2CCN1c1ccc(C(F)(F)F)cn1. The zero-order valence-electron chi connectivity index (χ0n) is 17.5. The molecular formula is C23H23F3N6. The van der Waals surface area contributed by atoms with E-state index in [0.29, 0.717) is 24.7 Å². The average Bonchev–Trinajstić information content (AvgIpc) is 3.53. The fourth-order valence-corrected chi connectivity index (χ4v) is 4.24. The molecule has 166 valence electrons. The van der Waals surface area contributed by atoms with Crippen molar-refractivity contribution in [2.24, 2.45) is 11.0 Å². The quantitative estimate of drug-likeness (QED) is 0.681.